The van der Waals surface area contributed by atoms with Gasteiger partial charge in [-0.25, -0.2) is 0 Å². The fourth-order valence-electron chi connectivity index (χ4n) is 1.11. The van der Waals surface area contributed by atoms with Gasteiger partial charge in [0.15, 0.2) is 0 Å². The predicted molar refractivity (Wildman–Crippen MR) is 47.2 cm³/mol. The largest absolute Gasteiger partial charge is 0.411 e. The Morgan fingerprint density at radius 3 is 2.86 bits per heavy atom. The van der Waals surface area contributed by atoms with Gasteiger partial charge in [-0.2, -0.15) is 0 Å². The summed E-state index contributed by atoms with van der Waals surface area (Å²) < 4.78 is 6.86. The highest BCUT2D eigenvalue weighted by atomic mass is 16.4. The first kappa shape index (κ1) is 8.49. The number of aryl methyl sites for hydroxylation is 1. The second-order valence-corrected chi connectivity index (χ2v) is 2.78. The summed E-state index contributed by atoms with van der Waals surface area (Å²) in [6, 6.07) is 3.64. The summed E-state index contributed by atoms with van der Waals surface area (Å²) in [5.41, 5.74) is 5.72. The summed E-state index contributed by atoms with van der Waals surface area (Å²) >= 11 is 0. The first-order valence-corrected chi connectivity index (χ1v) is 3.93. The normalized spacial score (nSPS) is 10.4. The highest BCUT2D eigenvalue weighted by Gasteiger charge is 2.13. The number of hydrogen-bond acceptors (Lipinski definition) is 4. The molecule has 0 aliphatic carbocycles. The van der Waals surface area contributed by atoms with E-state index in [1.165, 1.54) is 0 Å². The van der Waals surface area contributed by atoms with Crippen LogP contribution in [0.4, 0.5) is 0 Å². The third-order valence-electron chi connectivity index (χ3n) is 1.80. The SMILES string of the molecule is Cn1cccc1-c1nnc(C(N)=O)o1. The Hall–Kier alpha value is -2.11. The van der Waals surface area contributed by atoms with Crippen LogP contribution in [0.1, 0.15) is 10.7 Å². The van der Waals surface area contributed by atoms with Crippen molar-refractivity contribution in [1.82, 2.24) is 14.8 Å². The van der Waals surface area contributed by atoms with Gasteiger partial charge >= 0.3 is 11.8 Å². The van der Waals surface area contributed by atoms with Crippen molar-refractivity contribution in [2.45, 2.75) is 0 Å². The number of carbonyl (C=O) groups excluding carboxylic acids is 1. The Bertz CT molecular complexity index is 471. The molecule has 0 atom stereocenters. The van der Waals surface area contributed by atoms with E-state index < -0.39 is 5.91 Å². The van der Waals surface area contributed by atoms with Crippen molar-refractivity contribution in [3.63, 3.8) is 0 Å². The van der Waals surface area contributed by atoms with E-state index in [-0.39, 0.29) is 11.8 Å². The van der Waals surface area contributed by atoms with Crippen molar-refractivity contribution in [2.24, 2.45) is 12.8 Å². The third-order valence-corrected chi connectivity index (χ3v) is 1.80. The van der Waals surface area contributed by atoms with Crippen LogP contribution in [0.5, 0.6) is 0 Å². The number of nitrogens with zero attached hydrogens (tertiary/aromatic N) is 3. The Kier molecular flexibility index (Phi) is 1.81. The average molecular weight is 192 g/mol. The molecular weight excluding hydrogens is 184 g/mol. The molecule has 0 aromatic carbocycles. The van der Waals surface area contributed by atoms with Gasteiger partial charge in [0.05, 0.1) is 0 Å². The Balaban J connectivity index is 2.43. The quantitative estimate of drug-likeness (QED) is 0.734. The number of aromatic nitrogens is 3. The molecule has 2 heterocycles. The maximum absolute atomic E-state index is 10.7. The minimum Gasteiger partial charge on any atom is -0.411 e. The molecule has 0 spiro atoms. The number of nitrogens with two attached hydrogens (primary N) is 1. The molecule has 0 radical (unpaired) electrons. The zero-order chi connectivity index (χ0) is 10.1. The van der Waals surface area contributed by atoms with E-state index in [4.69, 9.17) is 10.2 Å². The number of hydrogen-bond donors (Lipinski definition) is 1. The van der Waals surface area contributed by atoms with Crippen molar-refractivity contribution in [2.75, 3.05) is 0 Å². The van der Waals surface area contributed by atoms with Crippen LogP contribution in [0.2, 0.25) is 0 Å². The third kappa shape index (κ3) is 1.26. The van der Waals surface area contributed by atoms with Crippen LogP contribution in [0.15, 0.2) is 22.7 Å². The van der Waals surface area contributed by atoms with Gasteiger partial charge in [-0.3, -0.25) is 4.79 Å². The van der Waals surface area contributed by atoms with Crippen LogP contribution in [0, 0.1) is 0 Å². The molecule has 2 rings (SSSR count). The van der Waals surface area contributed by atoms with E-state index in [2.05, 4.69) is 10.2 Å². The lowest BCUT2D eigenvalue weighted by atomic mass is 10.4. The monoisotopic (exact) mass is 192 g/mol. The summed E-state index contributed by atoms with van der Waals surface area (Å²) in [5.74, 6) is -0.620. The van der Waals surface area contributed by atoms with Gasteiger partial charge in [0, 0.05) is 13.2 Å². The maximum atomic E-state index is 10.7. The minimum absolute atomic E-state index is 0.179. The summed E-state index contributed by atoms with van der Waals surface area (Å²) in [5, 5.41) is 7.21. The van der Waals surface area contributed by atoms with Crippen molar-refractivity contribution in [1.29, 1.82) is 0 Å². The van der Waals surface area contributed by atoms with Crippen LogP contribution in [-0.2, 0) is 7.05 Å². The molecule has 14 heavy (non-hydrogen) atoms. The zero-order valence-electron chi connectivity index (χ0n) is 7.47. The van der Waals surface area contributed by atoms with E-state index in [9.17, 15) is 4.79 Å². The standard InChI is InChI=1S/C8H8N4O2/c1-12-4-2-3-5(12)7-10-11-8(14-7)6(9)13/h2-4H,1H3,(H2,9,13). The van der Waals surface area contributed by atoms with Crippen LogP contribution in [0.25, 0.3) is 11.6 Å². The van der Waals surface area contributed by atoms with Crippen LogP contribution in [0.3, 0.4) is 0 Å². The van der Waals surface area contributed by atoms with Gasteiger partial charge in [-0.15, -0.1) is 10.2 Å². The van der Waals surface area contributed by atoms with Crippen molar-refractivity contribution >= 4 is 5.91 Å². The summed E-state index contributed by atoms with van der Waals surface area (Å²) in [7, 11) is 1.84. The highest BCUT2D eigenvalue weighted by Crippen LogP contribution is 2.16. The molecule has 72 valence electrons. The van der Waals surface area contributed by atoms with Crippen LogP contribution in [-0.4, -0.2) is 20.7 Å². The molecular formula is C8H8N4O2. The fourth-order valence-corrected chi connectivity index (χ4v) is 1.11. The molecule has 2 N–H and O–H groups in total. The molecule has 6 heteroatoms. The Morgan fingerprint density at radius 1 is 1.57 bits per heavy atom. The molecule has 2 aromatic heterocycles. The van der Waals surface area contributed by atoms with Gasteiger partial charge in [0.1, 0.15) is 5.69 Å². The lowest BCUT2D eigenvalue weighted by Gasteiger charge is -1.94. The van der Waals surface area contributed by atoms with Crippen LogP contribution >= 0.6 is 0 Å². The number of amides is 1. The summed E-state index contributed by atoms with van der Waals surface area (Å²) in [6.07, 6.45) is 1.84. The fraction of sp³-hybridized carbons (Fsp3) is 0.125. The molecule has 0 aliphatic heterocycles. The van der Waals surface area contributed by atoms with Crippen molar-refractivity contribution in [3.8, 4) is 11.6 Å². The summed E-state index contributed by atoms with van der Waals surface area (Å²) in [4.78, 5) is 10.7. The number of rotatable bonds is 2. The lowest BCUT2D eigenvalue weighted by molar-refractivity contribution is 0.0968. The molecule has 0 aliphatic rings. The molecule has 0 fully saturated rings. The minimum atomic E-state index is -0.724. The van der Waals surface area contributed by atoms with Gasteiger partial charge in [-0.1, -0.05) is 0 Å². The van der Waals surface area contributed by atoms with E-state index in [0.29, 0.717) is 0 Å². The van der Waals surface area contributed by atoms with Crippen molar-refractivity contribution < 1.29 is 9.21 Å². The molecule has 0 saturated heterocycles. The van der Waals surface area contributed by atoms with Gasteiger partial charge in [0.25, 0.3) is 5.89 Å². The van der Waals surface area contributed by atoms with E-state index in [0.717, 1.165) is 5.69 Å². The van der Waals surface area contributed by atoms with Gasteiger partial charge in [0.2, 0.25) is 0 Å². The first-order valence-electron chi connectivity index (χ1n) is 3.93. The van der Waals surface area contributed by atoms with Crippen LogP contribution < -0.4 is 5.73 Å². The van der Waals surface area contributed by atoms with E-state index in [1.807, 2.05) is 19.3 Å². The lowest BCUT2D eigenvalue weighted by Crippen LogP contribution is -2.10. The van der Waals surface area contributed by atoms with Crippen molar-refractivity contribution in [3.05, 3.63) is 24.2 Å². The Labute approximate surface area is 79.3 Å². The number of primary amides is 1. The highest BCUT2D eigenvalue weighted by molar-refractivity contribution is 5.87. The molecule has 0 saturated carbocycles. The van der Waals surface area contributed by atoms with E-state index >= 15 is 0 Å². The second-order valence-electron chi connectivity index (χ2n) is 2.78. The Morgan fingerprint density at radius 2 is 2.36 bits per heavy atom. The topological polar surface area (TPSA) is 86.9 Å². The summed E-state index contributed by atoms with van der Waals surface area (Å²) in [6.45, 7) is 0. The van der Waals surface area contributed by atoms with E-state index in [1.54, 1.807) is 10.6 Å². The molecule has 1 amide bonds. The maximum Gasteiger partial charge on any atom is 0.306 e. The zero-order valence-corrected chi connectivity index (χ0v) is 7.47. The number of carbonyl (C=O) groups is 1. The average Bonchev–Trinajstić information content (AvgIpc) is 2.71. The molecule has 2 aromatic rings. The second kappa shape index (κ2) is 2.99. The predicted octanol–water partition coefficient (Wildman–Crippen LogP) is 0.174. The molecule has 0 bridgehead atoms. The van der Waals surface area contributed by atoms with Gasteiger partial charge < -0.3 is 14.7 Å². The van der Waals surface area contributed by atoms with Gasteiger partial charge in [-0.05, 0) is 12.1 Å². The molecule has 0 unspecified atom stereocenters. The smallest absolute Gasteiger partial charge is 0.306 e. The first-order chi connectivity index (χ1) is 6.68. The molecule has 6 nitrogen and oxygen atoms in total.